The lowest BCUT2D eigenvalue weighted by molar-refractivity contribution is -0.133. The Hall–Kier alpha value is -1.36. The van der Waals surface area contributed by atoms with Crippen LogP contribution < -0.4 is 0 Å². The number of hydrogen-bond donors (Lipinski definition) is 0. The van der Waals surface area contributed by atoms with Crippen LogP contribution in [0.1, 0.15) is 44.6 Å². The first-order chi connectivity index (χ1) is 10.1. The second kappa shape index (κ2) is 5.44. The maximum atomic E-state index is 12.1. The van der Waals surface area contributed by atoms with Gasteiger partial charge < -0.3 is 4.90 Å². The second-order valence-corrected chi connectivity index (χ2v) is 6.58. The molecule has 2 fully saturated rings. The smallest absolute Gasteiger partial charge is 0.222 e. The van der Waals surface area contributed by atoms with Gasteiger partial charge in [0.05, 0.1) is 11.7 Å². The van der Waals surface area contributed by atoms with E-state index in [1.807, 2.05) is 25.0 Å². The normalized spacial score (nSPS) is 30.5. The Kier molecular flexibility index (Phi) is 3.78. The summed E-state index contributed by atoms with van der Waals surface area (Å²) in [6.45, 7) is 4.32. The van der Waals surface area contributed by atoms with Crippen molar-refractivity contribution < 1.29 is 4.79 Å². The molecule has 0 N–H and O–H groups in total. The van der Waals surface area contributed by atoms with Crippen LogP contribution in [0.5, 0.6) is 0 Å². The van der Waals surface area contributed by atoms with Crippen molar-refractivity contribution in [1.82, 2.24) is 19.6 Å². The highest BCUT2D eigenvalue weighted by Gasteiger charge is 2.51. The molecule has 0 aliphatic carbocycles. The highest BCUT2D eigenvalue weighted by atomic mass is 16.2. The van der Waals surface area contributed by atoms with Crippen molar-refractivity contribution in [2.24, 2.45) is 7.05 Å². The van der Waals surface area contributed by atoms with Gasteiger partial charge in [-0.2, -0.15) is 5.10 Å². The van der Waals surface area contributed by atoms with Crippen LogP contribution in [-0.4, -0.2) is 50.7 Å². The Morgan fingerprint density at radius 3 is 2.76 bits per heavy atom. The number of piperidine rings is 1. The zero-order chi connectivity index (χ0) is 15.0. The van der Waals surface area contributed by atoms with Gasteiger partial charge in [0.1, 0.15) is 0 Å². The Balaban J connectivity index is 1.83. The van der Waals surface area contributed by atoms with E-state index in [-0.39, 0.29) is 5.54 Å². The number of carbonyl (C=O) groups is 1. The van der Waals surface area contributed by atoms with Gasteiger partial charge >= 0.3 is 0 Å². The van der Waals surface area contributed by atoms with E-state index < -0.39 is 0 Å². The lowest BCUT2D eigenvalue weighted by Crippen LogP contribution is -2.61. The van der Waals surface area contributed by atoms with Crippen molar-refractivity contribution in [3.05, 3.63) is 18.0 Å². The highest BCUT2D eigenvalue weighted by molar-refractivity contribution is 5.79. The van der Waals surface area contributed by atoms with Crippen LogP contribution in [0.2, 0.25) is 0 Å². The fourth-order valence-electron chi connectivity index (χ4n) is 4.46. The summed E-state index contributed by atoms with van der Waals surface area (Å²) in [5.41, 5.74) is 1.33. The van der Waals surface area contributed by atoms with Crippen LogP contribution in [-0.2, 0) is 18.4 Å². The third-order valence-electron chi connectivity index (χ3n) is 5.46. The molecule has 1 aromatic heterocycles. The van der Waals surface area contributed by atoms with Gasteiger partial charge in [0.15, 0.2) is 0 Å². The van der Waals surface area contributed by atoms with Gasteiger partial charge in [-0.3, -0.25) is 14.4 Å². The standard InChI is InChI=1S/C16H26N4O/c1-4-14-16(8-6-15(21)19(16)3)7-5-9-20(14)12-13-10-17-18(2)11-13/h10-11,14H,4-9,12H2,1-3H3/t14-,16-/m0/s1. The van der Waals surface area contributed by atoms with E-state index in [0.717, 1.165) is 32.4 Å². The molecule has 2 aliphatic heterocycles. The molecule has 5 heteroatoms. The molecule has 1 amide bonds. The van der Waals surface area contributed by atoms with Crippen molar-refractivity contribution in [3.63, 3.8) is 0 Å². The Morgan fingerprint density at radius 2 is 2.19 bits per heavy atom. The zero-order valence-electron chi connectivity index (χ0n) is 13.4. The summed E-state index contributed by atoms with van der Waals surface area (Å²) >= 11 is 0. The average Bonchev–Trinajstić information content (AvgIpc) is 2.99. The van der Waals surface area contributed by atoms with Crippen molar-refractivity contribution >= 4 is 5.91 Å². The third-order valence-corrected chi connectivity index (χ3v) is 5.46. The summed E-state index contributed by atoms with van der Waals surface area (Å²) in [4.78, 5) is 16.7. The number of likely N-dealkylation sites (tertiary alicyclic amines) is 2. The molecular formula is C16H26N4O. The predicted molar refractivity (Wildman–Crippen MR) is 81.7 cm³/mol. The van der Waals surface area contributed by atoms with Gasteiger partial charge in [-0.05, 0) is 32.2 Å². The SMILES string of the molecule is CC[C@@H]1N(Cc2cnn(C)c2)CCC[C@]12CCC(=O)N2C. The summed E-state index contributed by atoms with van der Waals surface area (Å²) in [6.07, 6.45) is 9.21. The minimum Gasteiger partial charge on any atom is -0.338 e. The number of hydrogen-bond acceptors (Lipinski definition) is 3. The average molecular weight is 290 g/mol. The van der Waals surface area contributed by atoms with Gasteiger partial charge in [0, 0.05) is 44.9 Å². The van der Waals surface area contributed by atoms with Crippen LogP contribution in [0.15, 0.2) is 12.4 Å². The molecule has 21 heavy (non-hydrogen) atoms. The molecule has 0 saturated carbocycles. The molecule has 5 nitrogen and oxygen atoms in total. The molecule has 0 bridgehead atoms. The maximum absolute atomic E-state index is 12.1. The Bertz CT molecular complexity index is 526. The summed E-state index contributed by atoms with van der Waals surface area (Å²) in [7, 11) is 3.97. The van der Waals surface area contributed by atoms with Crippen molar-refractivity contribution in [2.45, 2.75) is 57.2 Å². The molecule has 1 aromatic rings. The Labute approximate surface area is 126 Å². The first-order valence-corrected chi connectivity index (χ1v) is 8.05. The predicted octanol–water partition coefficient (Wildman–Crippen LogP) is 1.79. The third kappa shape index (κ3) is 2.37. The van der Waals surface area contributed by atoms with Crippen molar-refractivity contribution in [2.75, 3.05) is 13.6 Å². The van der Waals surface area contributed by atoms with E-state index in [4.69, 9.17) is 0 Å². The number of carbonyl (C=O) groups excluding carboxylic acids is 1. The number of rotatable bonds is 3. The molecule has 2 atom stereocenters. The first kappa shape index (κ1) is 14.6. The van der Waals surface area contributed by atoms with E-state index in [0.29, 0.717) is 18.4 Å². The van der Waals surface area contributed by atoms with Gasteiger partial charge in [0.2, 0.25) is 5.91 Å². The molecule has 0 aromatic carbocycles. The molecule has 0 radical (unpaired) electrons. The van der Waals surface area contributed by atoms with E-state index in [1.54, 1.807) is 0 Å². The number of nitrogens with zero attached hydrogens (tertiary/aromatic N) is 4. The summed E-state index contributed by atoms with van der Waals surface area (Å²) in [6, 6.07) is 0.461. The van der Waals surface area contributed by atoms with Crippen LogP contribution in [0.4, 0.5) is 0 Å². The van der Waals surface area contributed by atoms with Gasteiger partial charge in [-0.1, -0.05) is 6.92 Å². The lowest BCUT2D eigenvalue weighted by atomic mass is 9.77. The van der Waals surface area contributed by atoms with Crippen molar-refractivity contribution in [3.8, 4) is 0 Å². The van der Waals surface area contributed by atoms with E-state index >= 15 is 0 Å². The van der Waals surface area contributed by atoms with Crippen LogP contribution in [0, 0.1) is 0 Å². The summed E-state index contributed by atoms with van der Waals surface area (Å²) in [5, 5.41) is 4.27. The maximum Gasteiger partial charge on any atom is 0.222 e. The number of aromatic nitrogens is 2. The topological polar surface area (TPSA) is 41.4 Å². The number of amides is 1. The first-order valence-electron chi connectivity index (χ1n) is 8.05. The number of aryl methyl sites for hydroxylation is 1. The molecular weight excluding hydrogens is 264 g/mol. The van der Waals surface area contributed by atoms with E-state index in [1.165, 1.54) is 12.0 Å². The summed E-state index contributed by atoms with van der Waals surface area (Å²) < 4.78 is 1.86. The van der Waals surface area contributed by atoms with Crippen LogP contribution in [0.3, 0.4) is 0 Å². The minimum atomic E-state index is 0.0618. The fourth-order valence-corrected chi connectivity index (χ4v) is 4.46. The zero-order valence-corrected chi connectivity index (χ0v) is 13.4. The second-order valence-electron chi connectivity index (χ2n) is 6.58. The van der Waals surface area contributed by atoms with Gasteiger partial charge in [0.25, 0.3) is 0 Å². The van der Waals surface area contributed by atoms with E-state index in [2.05, 4.69) is 28.0 Å². The Morgan fingerprint density at radius 1 is 1.38 bits per heavy atom. The lowest BCUT2D eigenvalue weighted by Gasteiger charge is -2.51. The minimum absolute atomic E-state index is 0.0618. The molecule has 3 rings (SSSR count). The molecule has 1 spiro atoms. The number of likely N-dealkylation sites (N-methyl/N-ethyl adjacent to an activating group) is 1. The van der Waals surface area contributed by atoms with E-state index in [9.17, 15) is 4.79 Å². The quantitative estimate of drug-likeness (QED) is 0.852. The summed E-state index contributed by atoms with van der Waals surface area (Å²) in [5.74, 6) is 0.316. The van der Waals surface area contributed by atoms with Crippen LogP contribution in [0.25, 0.3) is 0 Å². The van der Waals surface area contributed by atoms with Crippen LogP contribution >= 0.6 is 0 Å². The molecule has 2 aliphatic rings. The van der Waals surface area contributed by atoms with Gasteiger partial charge in [-0.15, -0.1) is 0 Å². The molecule has 116 valence electrons. The highest BCUT2D eigenvalue weighted by Crippen LogP contribution is 2.42. The van der Waals surface area contributed by atoms with Crippen molar-refractivity contribution in [1.29, 1.82) is 0 Å². The molecule has 0 unspecified atom stereocenters. The monoisotopic (exact) mass is 290 g/mol. The fraction of sp³-hybridized carbons (Fsp3) is 0.750. The van der Waals surface area contributed by atoms with Gasteiger partial charge in [-0.25, -0.2) is 0 Å². The molecule has 3 heterocycles. The molecule has 2 saturated heterocycles. The largest absolute Gasteiger partial charge is 0.338 e.